The average Bonchev–Trinajstić information content (AvgIpc) is 2.48. The lowest BCUT2D eigenvalue weighted by Gasteiger charge is -2.33. The maximum Gasteiger partial charge on any atom is 0.311 e. The lowest BCUT2D eigenvalue weighted by atomic mass is 9.80. The Hall–Kier alpha value is -1.95. The highest BCUT2D eigenvalue weighted by molar-refractivity contribution is 5.80. The van der Waals surface area contributed by atoms with E-state index in [0.29, 0.717) is 31.6 Å². The first-order chi connectivity index (χ1) is 10.0. The highest BCUT2D eigenvalue weighted by Crippen LogP contribution is 2.30. The van der Waals surface area contributed by atoms with Crippen molar-refractivity contribution in [2.75, 3.05) is 19.8 Å². The molecule has 21 heavy (non-hydrogen) atoms. The van der Waals surface area contributed by atoms with Crippen LogP contribution >= 0.6 is 0 Å². The van der Waals surface area contributed by atoms with Crippen molar-refractivity contribution < 1.29 is 23.8 Å². The van der Waals surface area contributed by atoms with Crippen LogP contribution in [0.3, 0.4) is 0 Å². The molecule has 1 fully saturated rings. The molecular formula is C15H18FNO4. The lowest BCUT2D eigenvalue weighted by molar-refractivity contribution is -0.154. The SMILES string of the molecule is O=C(Cc1ccc(F)cc1)NCC1(C(=O)O)CCOCC1. The van der Waals surface area contributed by atoms with Crippen molar-refractivity contribution in [1.29, 1.82) is 0 Å². The first-order valence-electron chi connectivity index (χ1n) is 6.84. The van der Waals surface area contributed by atoms with Gasteiger partial charge < -0.3 is 15.2 Å². The van der Waals surface area contributed by atoms with Gasteiger partial charge in [0.1, 0.15) is 5.82 Å². The Labute approximate surface area is 122 Å². The number of hydrogen-bond acceptors (Lipinski definition) is 3. The van der Waals surface area contributed by atoms with Gasteiger partial charge >= 0.3 is 5.97 Å². The third-order valence-corrected chi connectivity index (χ3v) is 3.81. The molecule has 1 heterocycles. The molecular weight excluding hydrogens is 277 g/mol. The second-order valence-corrected chi connectivity index (χ2v) is 5.28. The minimum absolute atomic E-state index is 0.0890. The normalized spacial score (nSPS) is 17.2. The number of nitrogens with one attached hydrogen (secondary N) is 1. The van der Waals surface area contributed by atoms with Gasteiger partial charge in [-0.15, -0.1) is 0 Å². The molecule has 0 unspecified atom stereocenters. The van der Waals surface area contributed by atoms with Crippen LogP contribution in [0, 0.1) is 11.2 Å². The fourth-order valence-corrected chi connectivity index (χ4v) is 2.35. The Morgan fingerprint density at radius 2 is 1.86 bits per heavy atom. The molecule has 0 bridgehead atoms. The predicted octanol–water partition coefficient (Wildman–Crippen LogP) is 1.37. The largest absolute Gasteiger partial charge is 0.481 e. The van der Waals surface area contributed by atoms with Gasteiger partial charge in [-0.25, -0.2) is 4.39 Å². The van der Waals surface area contributed by atoms with Gasteiger partial charge in [-0.1, -0.05) is 12.1 Å². The zero-order chi connectivity index (χ0) is 15.3. The van der Waals surface area contributed by atoms with Crippen molar-refractivity contribution in [3.63, 3.8) is 0 Å². The zero-order valence-electron chi connectivity index (χ0n) is 11.6. The first-order valence-corrected chi connectivity index (χ1v) is 6.84. The van der Waals surface area contributed by atoms with Gasteiger partial charge in [0.15, 0.2) is 0 Å². The standard InChI is InChI=1S/C15H18FNO4/c16-12-3-1-11(2-4-12)9-13(18)17-10-15(14(19)20)5-7-21-8-6-15/h1-4H,5-10H2,(H,17,18)(H,19,20). The maximum atomic E-state index is 12.8. The highest BCUT2D eigenvalue weighted by Gasteiger charge is 2.40. The van der Waals surface area contributed by atoms with Crippen LogP contribution in [-0.2, 0) is 20.7 Å². The van der Waals surface area contributed by atoms with E-state index in [1.54, 1.807) is 0 Å². The number of carbonyl (C=O) groups is 2. The van der Waals surface area contributed by atoms with Gasteiger partial charge in [0.2, 0.25) is 5.91 Å². The van der Waals surface area contributed by atoms with Crippen molar-refractivity contribution in [3.05, 3.63) is 35.6 Å². The van der Waals surface area contributed by atoms with E-state index >= 15 is 0 Å². The van der Waals surface area contributed by atoms with Gasteiger partial charge in [0, 0.05) is 19.8 Å². The summed E-state index contributed by atoms with van der Waals surface area (Å²) in [4.78, 5) is 23.3. The molecule has 1 aliphatic heterocycles. The van der Waals surface area contributed by atoms with Crippen molar-refractivity contribution in [2.24, 2.45) is 5.41 Å². The first kappa shape index (κ1) is 15.4. The predicted molar refractivity (Wildman–Crippen MR) is 73.2 cm³/mol. The van der Waals surface area contributed by atoms with Crippen LogP contribution in [0.2, 0.25) is 0 Å². The van der Waals surface area contributed by atoms with Gasteiger partial charge in [0.05, 0.1) is 11.8 Å². The minimum atomic E-state index is -0.948. The van der Waals surface area contributed by atoms with E-state index in [1.807, 2.05) is 0 Å². The third kappa shape index (κ3) is 4.01. The molecule has 0 atom stereocenters. The molecule has 0 aromatic heterocycles. The molecule has 0 spiro atoms. The van der Waals surface area contributed by atoms with E-state index in [1.165, 1.54) is 24.3 Å². The molecule has 6 heteroatoms. The summed E-state index contributed by atoms with van der Waals surface area (Å²) in [7, 11) is 0. The fourth-order valence-electron chi connectivity index (χ4n) is 2.35. The molecule has 1 saturated heterocycles. The maximum absolute atomic E-state index is 12.8. The van der Waals surface area contributed by atoms with E-state index in [4.69, 9.17) is 4.74 Å². The van der Waals surface area contributed by atoms with Crippen LogP contribution in [0.25, 0.3) is 0 Å². The topological polar surface area (TPSA) is 75.6 Å². The Bertz CT molecular complexity index is 509. The number of aliphatic carboxylic acids is 1. The number of carboxylic acid groups (broad SMARTS) is 1. The van der Waals surface area contributed by atoms with Crippen LogP contribution in [-0.4, -0.2) is 36.7 Å². The molecule has 114 valence electrons. The van der Waals surface area contributed by atoms with Crippen LogP contribution < -0.4 is 5.32 Å². The summed E-state index contributed by atoms with van der Waals surface area (Å²) in [5.74, 6) is -1.53. The number of benzene rings is 1. The summed E-state index contributed by atoms with van der Waals surface area (Å²) in [6.07, 6.45) is 0.880. The lowest BCUT2D eigenvalue weighted by Crippen LogP contribution is -2.46. The number of hydrogen-bond donors (Lipinski definition) is 2. The van der Waals surface area contributed by atoms with Gasteiger partial charge in [-0.3, -0.25) is 9.59 Å². The van der Waals surface area contributed by atoms with Crippen molar-refractivity contribution in [1.82, 2.24) is 5.32 Å². The molecule has 5 nitrogen and oxygen atoms in total. The van der Waals surface area contributed by atoms with E-state index in [9.17, 15) is 19.1 Å². The summed E-state index contributed by atoms with van der Waals surface area (Å²) >= 11 is 0. The summed E-state index contributed by atoms with van der Waals surface area (Å²) in [5.41, 5.74) is -0.262. The highest BCUT2D eigenvalue weighted by atomic mass is 19.1. The van der Waals surface area contributed by atoms with Gasteiger partial charge in [-0.05, 0) is 30.5 Å². The second kappa shape index (κ2) is 6.67. The summed E-state index contributed by atoms with van der Waals surface area (Å²) in [5, 5.41) is 12.0. The number of amides is 1. The fraction of sp³-hybridized carbons (Fsp3) is 0.467. The molecule has 1 aliphatic rings. The number of carboxylic acids is 1. The van der Waals surface area contributed by atoms with E-state index < -0.39 is 11.4 Å². The van der Waals surface area contributed by atoms with Crippen LogP contribution in [0.5, 0.6) is 0 Å². The van der Waals surface area contributed by atoms with Crippen LogP contribution in [0.4, 0.5) is 4.39 Å². The van der Waals surface area contributed by atoms with Crippen LogP contribution in [0.15, 0.2) is 24.3 Å². The monoisotopic (exact) mass is 295 g/mol. The third-order valence-electron chi connectivity index (χ3n) is 3.81. The molecule has 0 aliphatic carbocycles. The van der Waals surface area contributed by atoms with E-state index in [2.05, 4.69) is 5.32 Å². The van der Waals surface area contributed by atoms with Gasteiger partial charge in [-0.2, -0.15) is 0 Å². The number of carbonyl (C=O) groups excluding carboxylic acids is 1. The second-order valence-electron chi connectivity index (χ2n) is 5.28. The Kier molecular flexibility index (Phi) is 4.90. The summed E-state index contributed by atoms with van der Waals surface area (Å²) in [6, 6.07) is 5.66. The van der Waals surface area contributed by atoms with Crippen molar-refractivity contribution >= 4 is 11.9 Å². The Morgan fingerprint density at radius 3 is 2.43 bits per heavy atom. The molecule has 2 rings (SSSR count). The van der Waals surface area contributed by atoms with E-state index in [-0.39, 0.29) is 24.7 Å². The molecule has 1 aromatic rings. The summed E-state index contributed by atoms with van der Waals surface area (Å²) in [6.45, 7) is 0.867. The molecule has 1 amide bonds. The Morgan fingerprint density at radius 1 is 1.24 bits per heavy atom. The number of rotatable bonds is 5. The average molecular weight is 295 g/mol. The van der Waals surface area contributed by atoms with Crippen LogP contribution in [0.1, 0.15) is 18.4 Å². The molecule has 2 N–H and O–H groups in total. The van der Waals surface area contributed by atoms with Crippen molar-refractivity contribution in [3.8, 4) is 0 Å². The molecule has 1 aromatic carbocycles. The zero-order valence-corrected chi connectivity index (χ0v) is 11.6. The molecule has 0 saturated carbocycles. The minimum Gasteiger partial charge on any atom is -0.481 e. The summed E-state index contributed by atoms with van der Waals surface area (Å²) < 4.78 is 18.0. The van der Waals surface area contributed by atoms with Gasteiger partial charge in [0.25, 0.3) is 0 Å². The number of ether oxygens (including phenoxy) is 1. The quantitative estimate of drug-likeness (QED) is 0.860. The van der Waals surface area contributed by atoms with E-state index in [0.717, 1.165) is 0 Å². The molecule has 0 radical (unpaired) electrons. The smallest absolute Gasteiger partial charge is 0.311 e. The van der Waals surface area contributed by atoms with Crippen molar-refractivity contribution in [2.45, 2.75) is 19.3 Å². The number of halogens is 1. The Balaban J connectivity index is 1.90.